The maximum Gasteiger partial charge on any atom is 0.169 e. The summed E-state index contributed by atoms with van der Waals surface area (Å²) in [5, 5.41) is 0. The maximum absolute atomic E-state index is 11.7. The van der Waals surface area contributed by atoms with Crippen molar-refractivity contribution >= 4 is 5.78 Å². The molecule has 0 bridgehead atoms. The molecule has 1 fully saturated rings. The van der Waals surface area contributed by atoms with Crippen LogP contribution in [0.4, 0.5) is 0 Å². The molecule has 1 unspecified atom stereocenters. The topological polar surface area (TPSA) is 35.5 Å². The standard InChI is InChI=1S/C14H18O3/c1-11-8-13(15)14(2,17-11)10-16-9-12-6-4-3-5-7-12/h3-7,11H,8-10H2,1-2H3/t11-,14?/m1/s1. The van der Waals surface area contributed by atoms with Crippen molar-refractivity contribution < 1.29 is 14.3 Å². The van der Waals surface area contributed by atoms with Gasteiger partial charge in [-0.05, 0) is 19.4 Å². The molecule has 0 saturated carbocycles. The van der Waals surface area contributed by atoms with Gasteiger partial charge in [0.1, 0.15) is 5.60 Å². The van der Waals surface area contributed by atoms with Crippen LogP contribution in [0.15, 0.2) is 30.3 Å². The van der Waals surface area contributed by atoms with Crippen LogP contribution in [-0.2, 0) is 20.9 Å². The highest BCUT2D eigenvalue weighted by Gasteiger charge is 2.42. The Morgan fingerprint density at radius 2 is 2.12 bits per heavy atom. The van der Waals surface area contributed by atoms with E-state index in [9.17, 15) is 4.79 Å². The van der Waals surface area contributed by atoms with Crippen molar-refractivity contribution in [1.29, 1.82) is 0 Å². The molecule has 1 aliphatic heterocycles. The van der Waals surface area contributed by atoms with E-state index < -0.39 is 5.60 Å². The van der Waals surface area contributed by atoms with Crippen LogP contribution in [0.5, 0.6) is 0 Å². The molecule has 0 aliphatic carbocycles. The molecule has 0 N–H and O–H groups in total. The van der Waals surface area contributed by atoms with E-state index in [1.807, 2.05) is 44.2 Å². The van der Waals surface area contributed by atoms with Gasteiger partial charge in [-0.25, -0.2) is 0 Å². The molecule has 0 spiro atoms. The molecule has 1 aliphatic rings. The quantitative estimate of drug-likeness (QED) is 0.802. The molecular weight excluding hydrogens is 216 g/mol. The lowest BCUT2D eigenvalue weighted by atomic mass is 10.0. The van der Waals surface area contributed by atoms with Crippen molar-refractivity contribution in [3.8, 4) is 0 Å². The Morgan fingerprint density at radius 1 is 1.41 bits per heavy atom. The average Bonchev–Trinajstić information content (AvgIpc) is 2.54. The summed E-state index contributed by atoms with van der Waals surface area (Å²) in [5.74, 6) is 0.137. The lowest BCUT2D eigenvalue weighted by Gasteiger charge is -2.22. The fraction of sp³-hybridized carbons (Fsp3) is 0.500. The Balaban J connectivity index is 1.85. The summed E-state index contributed by atoms with van der Waals surface area (Å²) in [5.41, 5.74) is 0.350. The third-order valence-electron chi connectivity index (χ3n) is 3.01. The third kappa shape index (κ3) is 2.93. The Kier molecular flexibility index (Phi) is 3.60. The van der Waals surface area contributed by atoms with Crippen molar-refractivity contribution in [2.45, 2.75) is 38.6 Å². The minimum atomic E-state index is -0.756. The molecule has 3 heteroatoms. The Labute approximate surface area is 102 Å². The van der Waals surface area contributed by atoms with E-state index >= 15 is 0 Å². The van der Waals surface area contributed by atoms with Gasteiger partial charge < -0.3 is 9.47 Å². The van der Waals surface area contributed by atoms with Crippen molar-refractivity contribution in [3.63, 3.8) is 0 Å². The highest BCUT2D eigenvalue weighted by Crippen LogP contribution is 2.27. The molecule has 2 rings (SSSR count). The summed E-state index contributed by atoms with van der Waals surface area (Å²) in [6, 6.07) is 9.92. The average molecular weight is 234 g/mol. The number of hydrogen-bond acceptors (Lipinski definition) is 3. The lowest BCUT2D eigenvalue weighted by molar-refractivity contribution is -0.139. The molecule has 1 saturated heterocycles. The van der Waals surface area contributed by atoms with E-state index in [0.717, 1.165) is 5.56 Å². The molecule has 1 aromatic carbocycles. The van der Waals surface area contributed by atoms with E-state index in [1.165, 1.54) is 0 Å². The molecule has 3 nitrogen and oxygen atoms in total. The smallest absolute Gasteiger partial charge is 0.169 e. The Morgan fingerprint density at radius 3 is 2.71 bits per heavy atom. The van der Waals surface area contributed by atoms with Gasteiger partial charge in [0, 0.05) is 6.42 Å². The monoisotopic (exact) mass is 234 g/mol. The van der Waals surface area contributed by atoms with Gasteiger partial charge in [0.15, 0.2) is 5.78 Å². The van der Waals surface area contributed by atoms with Gasteiger partial charge in [-0.3, -0.25) is 4.79 Å². The van der Waals surface area contributed by atoms with Gasteiger partial charge in [-0.15, -0.1) is 0 Å². The SMILES string of the molecule is C[C@@H]1CC(=O)C(C)(COCc2ccccc2)O1. The molecule has 1 heterocycles. The first-order valence-electron chi connectivity index (χ1n) is 5.93. The third-order valence-corrected chi connectivity index (χ3v) is 3.01. The summed E-state index contributed by atoms with van der Waals surface area (Å²) in [4.78, 5) is 11.7. The zero-order valence-corrected chi connectivity index (χ0v) is 10.3. The van der Waals surface area contributed by atoms with Gasteiger partial charge >= 0.3 is 0 Å². The number of carbonyl (C=O) groups is 1. The fourth-order valence-corrected chi connectivity index (χ4v) is 2.08. The fourth-order valence-electron chi connectivity index (χ4n) is 2.08. The van der Waals surface area contributed by atoms with Crippen LogP contribution in [0, 0.1) is 0 Å². The number of ketones is 1. The number of benzene rings is 1. The molecule has 0 radical (unpaired) electrons. The van der Waals surface area contributed by atoms with Crippen molar-refractivity contribution in [2.24, 2.45) is 0 Å². The number of carbonyl (C=O) groups excluding carboxylic acids is 1. The van der Waals surface area contributed by atoms with Crippen molar-refractivity contribution in [1.82, 2.24) is 0 Å². The zero-order chi connectivity index (χ0) is 12.3. The van der Waals surface area contributed by atoms with E-state index in [-0.39, 0.29) is 11.9 Å². The van der Waals surface area contributed by atoms with E-state index in [4.69, 9.17) is 9.47 Å². The molecule has 17 heavy (non-hydrogen) atoms. The minimum absolute atomic E-state index is 0.00725. The Hall–Kier alpha value is -1.19. The normalized spacial score (nSPS) is 28.6. The molecule has 0 amide bonds. The summed E-state index contributed by atoms with van der Waals surface area (Å²) >= 11 is 0. The predicted molar refractivity (Wildman–Crippen MR) is 64.7 cm³/mol. The van der Waals surface area contributed by atoms with Crippen LogP contribution >= 0.6 is 0 Å². The number of hydrogen-bond donors (Lipinski definition) is 0. The van der Waals surface area contributed by atoms with Crippen LogP contribution in [0.25, 0.3) is 0 Å². The predicted octanol–water partition coefficient (Wildman–Crippen LogP) is 2.34. The molecule has 92 valence electrons. The molecule has 0 aromatic heterocycles. The number of Topliss-reactive ketones (excluding diaryl/α,β-unsaturated/α-hetero) is 1. The summed E-state index contributed by atoms with van der Waals surface area (Å²) in [6.45, 7) is 4.57. The summed E-state index contributed by atoms with van der Waals surface area (Å²) in [7, 11) is 0. The van der Waals surface area contributed by atoms with Crippen LogP contribution < -0.4 is 0 Å². The molecule has 1 aromatic rings. The van der Waals surface area contributed by atoms with Crippen molar-refractivity contribution in [2.75, 3.05) is 6.61 Å². The molecular formula is C14H18O3. The second-order valence-corrected chi connectivity index (χ2v) is 4.77. The van der Waals surface area contributed by atoms with Gasteiger partial charge in [-0.2, -0.15) is 0 Å². The lowest BCUT2D eigenvalue weighted by Crippen LogP contribution is -2.37. The second-order valence-electron chi connectivity index (χ2n) is 4.77. The maximum atomic E-state index is 11.7. The second kappa shape index (κ2) is 4.98. The first-order chi connectivity index (χ1) is 8.10. The molecule has 2 atom stereocenters. The van der Waals surface area contributed by atoms with Crippen LogP contribution in [0.2, 0.25) is 0 Å². The first kappa shape index (κ1) is 12.3. The van der Waals surface area contributed by atoms with E-state index in [1.54, 1.807) is 0 Å². The number of ether oxygens (including phenoxy) is 2. The summed E-state index contributed by atoms with van der Waals surface area (Å²) in [6.07, 6.45) is 0.499. The summed E-state index contributed by atoms with van der Waals surface area (Å²) < 4.78 is 11.2. The van der Waals surface area contributed by atoms with E-state index in [2.05, 4.69) is 0 Å². The van der Waals surface area contributed by atoms with Gasteiger partial charge in [-0.1, -0.05) is 30.3 Å². The zero-order valence-electron chi connectivity index (χ0n) is 10.3. The minimum Gasteiger partial charge on any atom is -0.373 e. The van der Waals surface area contributed by atoms with Crippen LogP contribution in [0.1, 0.15) is 25.8 Å². The highest BCUT2D eigenvalue weighted by molar-refractivity contribution is 5.89. The largest absolute Gasteiger partial charge is 0.373 e. The van der Waals surface area contributed by atoms with E-state index in [0.29, 0.717) is 19.6 Å². The highest BCUT2D eigenvalue weighted by atomic mass is 16.6. The number of rotatable bonds is 4. The van der Waals surface area contributed by atoms with Crippen molar-refractivity contribution in [3.05, 3.63) is 35.9 Å². The van der Waals surface area contributed by atoms with Gasteiger partial charge in [0.25, 0.3) is 0 Å². The Bertz CT molecular complexity index is 388. The van der Waals surface area contributed by atoms with Crippen LogP contribution in [0.3, 0.4) is 0 Å². The van der Waals surface area contributed by atoms with Crippen LogP contribution in [-0.4, -0.2) is 24.1 Å². The first-order valence-corrected chi connectivity index (χ1v) is 5.93. The van der Waals surface area contributed by atoms with Gasteiger partial charge in [0.05, 0.1) is 19.3 Å². The van der Waals surface area contributed by atoms with Gasteiger partial charge in [0.2, 0.25) is 0 Å².